The summed E-state index contributed by atoms with van der Waals surface area (Å²) in [6, 6.07) is -0.400. The fourth-order valence-corrected chi connectivity index (χ4v) is 2.58. The lowest BCUT2D eigenvalue weighted by molar-refractivity contribution is -0.141. The maximum Gasteiger partial charge on any atom is 0.322 e. The average Bonchev–Trinajstić information content (AvgIpc) is 2.19. The molecule has 0 radical (unpaired) electrons. The lowest BCUT2D eigenvalue weighted by Crippen LogP contribution is -2.62. The Morgan fingerprint density at radius 3 is 2.43 bits per heavy atom. The van der Waals surface area contributed by atoms with Crippen molar-refractivity contribution in [2.24, 2.45) is 0 Å². The van der Waals surface area contributed by atoms with Gasteiger partial charge in [-0.25, -0.2) is 5.43 Å². The van der Waals surface area contributed by atoms with Crippen molar-refractivity contribution in [3.63, 3.8) is 0 Å². The predicted molar refractivity (Wildman–Crippen MR) is 52.7 cm³/mol. The van der Waals surface area contributed by atoms with Crippen molar-refractivity contribution < 1.29 is 9.90 Å². The van der Waals surface area contributed by atoms with Gasteiger partial charge in [-0.05, 0) is 25.7 Å². The molecular weight excluding hydrogens is 180 g/mol. The van der Waals surface area contributed by atoms with Gasteiger partial charge in [0.2, 0.25) is 0 Å². The fourth-order valence-electron chi connectivity index (χ4n) is 2.58. The van der Waals surface area contributed by atoms with Crippen LogP contribution < -0.4 is 10.9 Å². The van der Waals surface area contributed by atoms with Gasteiger partial charge >= 0.3 is 5.97 Å². The van der Waals surface area contributed by atoms with Gasteiger partial charge in [0, 0.05) is 5.54 Å². The van der Waals surface area contributed by atoms with E-state index in [-0.39, 0.29) is 5.54 Å². The van der Waals surface area contributed by atoms with Crippen LogP contribution in [0.5, 0.6) is 0 Å². The Hall–Kier alpha value is -0.610. The van der Waals surface area contributed by atoms with Crippen LogP contribution in [0.4, 0.5) is 0 Å². The molecule has 3 N–H and O–H groups in total. The smallest absolute Gasteiger partial charge is 0.322 e. The van der Waals surface area contributed by atoms with E-state index in [1.165, 1.54) is 32.1 Å². The average molecular weight is 198 g/mol. The molecule has 1 saturated heterocycles. The molecule has 1 aliphatic heterocycles. The normalized spacial score (nSPS) is 31.6. The molecule has 1 atom stereocenters. The molecule has 1 saturated carbocycles. The second-order valence-corrected chi connectivity index (χ2v) is 4.54. The largest absolute Gasteiger partial charge is 0.480 e. The van der Waals surface area contributed by atoms with Gasteiger partial charge in [-0.2, -0.15) is 0 Å². The summed E-state index contributed by atoms with van der Waals surface area (Å²) in [7, 11) is 0. The Bertz CT molecular complexity index is 214. The molecule has 2 rings (SSSR count). The van der Waals surface area contributed by atoms with E-state index in [4.69, 9.17) is 5.11 Å². The Labute approximate surface area is 84.0 Å². The van der Waals surface area contributed by atoms with Gasteiger partial charge in [0.1, 0.15) is 6.04 Å². The lowest BCUT2D eigenvalue weighted by atomic mass is 9.77. The Kier molecular flexibility index (Phi) is 2.74. The zero-order valence-electron chi connectivity index (χ0n) is 8.38. The Morgan fingerprint density at radius 2 is 1.93 bits per heavy atom. The number of aliphatic carboxylic acids is 1. The van der Waals surface area contributed by atoms with Crippen molar-refractivity contribution in [3.05, 3.63) is 0 Å². The van der Waals surface area contributed by atoms with Gasteiger partial charge in [0.05, 0.1) is 0 Å². The molecule has 4 heteroatoms. The molecule has 14 heavy (non-hydrogen) atoms. The molecular formula is C10H18N2O2. The van der Waals surface area contributed by atoms with Crippen LogP contribution in [0.3, 0.4) is 0 Å². The minimum atomic E-state index is -0.747. The van der Waals surface area contributed by atoms with E-state index >= 15 is 0 Å². The van der Waals surface area contributed by atoms with E-state index < -0.39 is 12.0 Å². The van der Waals surface area contributed by atoms with Crippen LogP contribution in [0, 0.1) is 0 Å². The van der Waals surface area contributed by atoms with Crippen LogP contribution in [0.25, 0.3) is 0 Å². The molecule has 2 fully saturated rings. The number of hydrogen-bond acceptors (Lipinski definition) is 3. The number of rotatable bonds is 1. The molecule has 0 aromatic heterocycles. The molecule has 0 aromatic rings. The number of carboxylic acid groups (broad SMARTS) is 1. The van der Waals surface area contributed by atoms with Crippen LogP contribution in [0.2, 0.25) is 0 Å². The minimum absolute atomic E-state index is 0.199. The number of hydrazine groups is 1. The van der Waals surface area contributed by atoms with Gasteiger partial charge in [-0.3, -0.25) is 10.2 Å². The third-order valence-corrected chi connectivity index (χ3v) is 3.53. The van der Waals surface area contributed by atoms with Crippen molar-refractivity contribution in [1.29, 1.82) is 0 Å². The van der Waals surface area contributed by atoms with Gasteiger partial charge in [-0.15, -0.1) is 0 Å². The van der Waals surface area contributed by atoms with Crippen LogP contribution in [-0.2, 0) is 4.79 Å². The predicted octanol–water partition coefficient (Wildman–Crippen LogP) is 1.03. The molecule has 4 nitrogen and oxygen atoms in total. The molecule has 1 spiro atoms. The van der Waals surface area contributed by atoms with Crippen molar-refractivity contribution in [1.82, 2.24) is 10.9 Å². The summed E-state index contributed by atoms with van der Waals surface area (Å²) in [5.74, 6) is -0.747. The molecule has 0 bridgehead atoms. The van der Waals surface area contributed by atoms with Crippen molar-refractivity contribution in [2.75, 3.05) is 0 Å². The van der Waals surface area contributed by atoms with Crippen LogP contribution >= 0.6 is 0 Å². The van der Waals surface area contributed by atoms with E-state index in [1.807, 2.05) is 0 Å². The van der Waals surface area contributed by atoms with E-state index in [2.05, 4.69) is 10.9 Å². The Morgan fingerprint density at radius 1 is 1.21 bits per heavy atom. The molecule has 1 unspecified atom stereocenters. The number of nitrogens with one attached hydrogen (secondary N) is 2. The molecule has 0 aromatic carbocycles. The van der Waals surface area contributed by atoms with Gasteiger partial charge in [0.15, 0.2) is 0 Å². The molecule has 2 aliphatic rings. The lowest BCUT2D eigenvalue weighted by Gasteiger charge is -2.43. The highest BCUT2D eigenvalue weighted by Crippen LogP contribution is 2.33. The summed E-state index contributed by atoms with van der Waals surface area (Å²) in [5, 5.41) is 8.82. The summed E-state index contributed by atoms with van der Waals surface area (Å²) in [4.78, 5) is 10.7. The first kappa shape index (κ1) is 9.93. The van der Waals surface area contributed by atoms with E-state index in [0.717, 1.165) is 12.8 Å². The highest BCUT2D eigenvalue weighted by Gasteiger charge is 2.37. The Balaban J connectivity index is 1.90. The van der Waals surface area contributed by atoms with Crippen LogP contribution in [-0.4, -0.2) is 22.7 Å². The zero-order valence-corrected chi connectivity index (χ0v) is 8.38. The minimum Gasteiger partial charge on any atom is -0.480 e. The number of carboxylic acids is 1. The highest BCUT2D eigenvalue weighted by atomic mass is 16.4. The third-order valence-electron chi connectivity index (χ3n) is 3.53. The maximum atomic E-state index is 10.7. The molecule has 1 heterocycles. The van der Waals surface area contributed by atoms with Crippen LogP contribution in [0.1, 0.15) is 44.9 Å². The monoisotopic (exact) mass is 198 g/mol. The fraction of sp³-hybridized carbons (Fsp3) is 0.900. The van der Waals surface area contributed by atoms with Gasteiger partial charge in [-0.1, -0.05) is 19.3 Å². The topological polar surface area (TPSA) is 61.4 Å². The summed E-state index contributed by atoms with van der Waals surface area (Å²) >= 11 is 0. The number of hydrogen-bond donors (Lipinski definition) is 3. The van der Waals surface area contributed by atoms with E-state index in [9.17, 15) is 4.79 Å². The second kappa shape index (κ2) is 3.87. The third kappa shape index (κ3) is 1.91. The van der Waals surface area contributed by atoms with E-state index in [1.54, 1.807) is 0 Å². The van der Waals surface area contributed by atoms with Crippen molar-refractivity contribution in [2.45, 2.75) is 56.5 Å². The molecule has 0 amide bonds. The van der Waals surface area contributed by atoms with Gasteiger partial charge < -0.3 is 5.11 Å². The zero-order chi connectivity index (χ0) is 10.0. The van der Waals surface area contributed by atoms with Gasteiger partial charge in [0.25, 0.3) is 0 Å². The quantitative estimate of drug-likeness (QED) is 0.589. The van der Waals surface area contributed by atoms with E-state index in [0.29, 0.717) is 0 Å². The summed E-state index contributed by atoms with van der Waals surface area (Å²) in [6.45, 7) is 0. The van der Waals surface area contributed by atoms with Crippen molar-refractivity contribution >= 4 is 5.97 Å². The maximum absolute atomic E-state index is 10.7. The highest BCUT2D eigenvalue weighted by molar-refractivity contribution is 5.73. The first-order valence-corrected chi connectivity index (χ1v) is 5.47. The first-order valence-electron chi connectivity index (χ1n) is 5.47. The van der Waals surface area contributed by atoms with Crippen LogP contribution in [0.15, 0.2) is 0 Å². The summed E-state index contributed by atoms with van der Waals surface area (Å²) in [6.07, 6.45) is 7.99. The summed E-state index contributed by atoms with van der Waals surface area (Å²) < 4.78 is 0. The SMILES string of the molecule is O=C(O)C1CCC2(CCCCC2)NN1. The summed E-state index contributed by atoms with van der Waals surface area (Å²) in [5.41, 5.74) is 6.36. The molecule has 80 valence electrons. The van der Waals surface area contributed by atoms with Crippen molar-refractivity contribution in [3.8, 4) is 0 Å². The first-order chi connectivity index (χ1) is 6.72. The second-order valence-electron chi connectivity index (χ2n) is 4.54. The standard InChI is InChI=1S/C10H18N2O2/c13-9(14)8-4-7-10(12-11-8)5-2-1-3-6-10/h8,11-12H,1-7H2,(H,13,14). The molecule has 1 aliphatic carbocycles. The number of carbonyl (C=O) groups is 1.